The molecule has 1 amide bonds. The van der Waals surface area contributed by atoms with E-state index >= 15 is 0 Å². The van der Waals surface area contributed by atoms with Crippen LogP contribution in [0.3, 0.4) is 0 Å². The number of carbonyl (C=O) groups excluding carboxylic acids is 1. The highest BCUT2D eigenvalue weighted by Gasteiger charge is 2.20. The van der Waals surface area contributed by atoms with Crippen LogP contribution in [0.25, 0.3) is 10.9 Å². The lowest BCUT2D eigenvalue weighted by atomic mass is 9.93. The van der Waals surface area contributed by atoms with E-state index in [0.29, 0.717) is 17.0 Å². The number of aliphatic hydroxyl groups is 2. The lowest BCUT2D eigenvalue weighted by molar-refractivity contribution is 0.0924. The minimum absolute atomic E-state index is 0.196. The van der Waals surface area contributed by atoms with Gasteiger partial charge in [-0.25, -0.2) is 9.97 Å². The van der Waals surface area contributed by atoms with Gasteiger partial charge in [0.05, 0.1) is 17.7 Å². The lowest BCUT2D eigenvalue weighted by Gasteiger charge is -2.26. The van der Waals surface area contributed by atoms with Crippen molar-refractivity contribution >= 4 is 22.8 Å². The number of nitrogens with one attached hydrogen (secondary N) is 2. The van der Waals surface area contributed by atoms with Gasteiger partial charge in [-0.15, -0.1) is 0 Å². The molecule has 3 rings (SSSR count). The monoisotopic (exact) mass is 344 g/mol. The molecule has 0 spiro atoms. The largest absolute Gasteiger partial charge is 0.393 e. The highest BCUT2D eigenvalue weighted by Crippen LogP contribution is 2.22. The van der Waals surface area contributed by atoms with E-state index in [1.165, 1.54) is 0 Å². The van der Waals surface area contributed by atoms with Crippen LogP contribution in [0.1, 0.15) is 43.0 Å². The minimum atomic E-state index is -0.587. The Morgan fingerprint density at radius 2 is 2.08 bits per heavy atom. The maximum atomic E-state index is 12.1. The fourth-order valence-corrected chi connectivity index (χ4v) is 2.98. The van der Waals surface area contributed by atoms with Gasteiger partial charge in [0.2, 0.25) is 5.95 Å². The van der Waals surface area contributed by atoms with Crippen LogP contribution in [0.15, 0.2) is 24.4 Å². The first-order valence-electron chi connectivity index (χ1n) is 8.69. The Labute approximate surface area is 146 Å². The van der Waals surface area contributed by atoms with E-state index in [0.717, 1.165) is 31.1 Å². The molecule has 1 fully saturated rings. The van der Waals surface area contributed by atoms with Gasteiger partial charge < -0.3 is 20.8 Å². The molecular formula is C18H24N4O3. The first-order chi connectivity index (χ1) is 12.0. The Morgan fingerprint density at radius 1 is 1.32 bits per heavy atom. The molecule has 0 bridgehead atoms. The van der Waals surface area contributed by atoms with Crippen molar-refractivity contribution in [3.8, 4) is 0 Å². The van der Waals surface area contributed by atoms with Crippen molar-refractivity contribution in [1.82, 2.24) is 15.3 Å². The molecule has 0 saturated heterocycles. The predicted molar refractivity (Wildman–Crippen MR) is 95.4 cm³/mol. The Balaban J connectivity index is 1.73. The topological polar surface area (TPSA) is 107 Å². The number of nitrogens with zero attached hydrogens (tertiary/aromatic N) is 2. The molecule has 1 aliphatic rings. The average Bonchev–Trinajstić information content (AvgIpc) is 2.61. The summed E-state index contributed by atoms with van der Waals surface area (Å²) in [5.41, 5.74) is 1.19. The van der Waals surface area contributed by atoms with Gasteiger partial charge in [0.1, 0.15) is 0 Å². The van der Waals surface area contributed by atoms with E-state index in [-0.39, 0.29) is 24.6 Å². The Kier molecular flexibility index (Phi) is 5.45. The van der Waals surface area contributed by atoms with Crippen LogP contribution in [0.2, 0.25) is 0 Å². The van der Waals surface area contributed by atoms with Gasteiger partial charge in [-0.2, -0.15) is 0 Å². The molecule has 1 atom stereocenters. The molecule has 1 aromatic heterocycles. The molecule has 0 aliphatic heterocycles. The molecule has 2 aromatic rings. The van der Waals surface area contributed by atoms with Crippen LogP contribution >= 0.6 is 0 Å². The number of benzene rings is 1. The molecule has 1 heterocycles. The van der Waals surface area contributed by atoms with Crippen LogP contribution < -0.4 is 10.6 Å². The number of aliphatic hydroxyl groups excluding tert-OH is 2. The standard InChI is InChI=1S/C18H24N4O3/c1-11(23)9-19-17(25)12-2-3-13-10-20-18(22-16(13)8-12)21-14-4-6-15(24)7-5-14/h2-3,8,10-11,14-15,23-24H,4-7,9H2,1H3,(H,19,25)(H,20,21,22). The van der Waals surface area contributed by atoms with Gasteiger partial charge in [0.15, 0.2) is 0 Å². The molecule has 1 saturated carbocycles. The summed E-state index contributed by atoms with van der Waals surface area (Å²) in [6.45, 7) is 1.83. The molecule has 7 heteroatoms. The number of anilines is 1. The first kappa shape index (κ1) is 17.6. The third kappa shape index (κ3) is 4.64. The smallest absolute Gasteiger partial charge is 0.251 e. The summed E-state index contributed by atoms with van der Waals surface area (Å²) in [7, 11) is 0. The Morgan fingerprint density at radius 3 is 2.80 bits per heavy atom. The third-order valence-corrected chi connectivity index (χ3v) is 4.43. The first-order valence-corrected chi connectivity index (χ1v) is 8.69. The van der Waals surface area contributed by atoms with E-state index in [1.54, 1.807) is 25.3 Å². The Hall–Kier alpha value is -2.25. The van der Waals surface area contributed by atoms with E-state index in [1.807, 2.05) is 6.07 Å². The van der Waals surface area contributed by atoms with Crippen molar-refractivity contribution in [2.45, 2.75) is 50.9 Å². The van der Waals surface area contributed by atoms with E-state index in [9.17, 15) is 15.0 Å². The minimum Gasteiger partial charge on any atom is -0.393 e. The molecule has 1 aromatic carbocycles. The number of rotatable bonds is 5. The summed E-state index contributed by atoms with van der Waals surface area (Å²) in [5, 5.41) is 25.7. The van der Waals surface area contributed by atoms with Crippen LogP contribution in [0, 0.1) is 0 Å². The normalized spacial score (nSPS) is 21.7. The van der Waals surface area contributed by atoms with E-state index < -0.39 is 6.10 Å². The number of aromatic nitrogens is 2. The number of amides is 1. The van der Waals surface area contributed by atoms with Gasteiger partial charge in [-0.1, -0.05) is 6.07 Å². The predicted octanol–water partition coefficient (Wildman–Crippen LogP) is 1.46. The Bertz CT molecular complexity index is 742. The zero-order valence-corrected chi connectivity index (χ0v) is 14.3. The summed E-state index contributed by atoms with van der Waals surface area (Å²) < 4.78 is 0. The van der Waals surface area contributed by atoms with Crippen LogP contribution in [0.5, 0.6) is 0 Å². The molecule has 25 heavy (non-hydrogen) atoms. The highest BCUT2D eigenvalue weighted by molar-refractivity contribution is 5.97. The summed E-state index contributed by atoms with van der Waals surface area (Å²) in [5.74, 6) is 0.299. The van der Waals surface area contributed by atoms with Crippen molar-refractivity contribution in [1.29, 1.82) is 0 Å². The maximum absolute atomic E-state index is 12.1. The van der Waals surface area contributed by atoms with Crippen LogP contribution in [-0.2, 0) is 0 Å². The molecule has 134 valence electrons. The molecular weight excluding hydrogens is 320 g/mol. The summed E-state index contributed by atoms with van der Waals surface area (Å²) in [4.78, 5) is 21.0. The lowest BCUT2D eigenvalue weighted by Crippen LogP contribution is -2.30. The zero-order chi connectivity index (χ0) is 17.8. The van der Waals surface area contributed by atoms with Crippen molar-refractivity contribution in [3.63, 3.8) is 0 Å². The third-order valence-electron chi connectivity index (χ3n) is 4.43. The maximum Gasteiger partial charge on any atom is 0.251 e. The summed E-state index contributed by atoms with van der Waals surface area (Å²) in [6.07, 6.45) is 4.32. The number of carbonyl (C=O) groups is 1. The van der Waals surface area contributed by atoms with Gasteiger partial charge in [-0.3, -0.25) is 4.79 Å². The second-order valence-corrected chi connectivity index (χ2v) is 6.68. The van der Waals surface area contributed by atoms with Crippen molar-refractivity contribution in [2.24, 2.45) is 0 Å². The number of fused-ring (bicyclic) bond motifs is 1. The van der Waals surface area contributed by atoms with Crippen molar-refractivity contribution in [2.75, 3.05) is 11.9 Å². The highest BCUT2D eigenvalue weighted by atomic mass is 16.3. The van der Waals surface area contributed by atoms with Gasteiger partial charge in [-0.05, 0) is 44.7 Å². The van der Waals surface area contributed by atoms with Crippen molar-refractivity contribution in [3.05, 3.63) is 30.0 Å². The average molecular weight is 344 g/mol. The molecule has 0 radical (unpaired) electrons. The van der Waals surface area contributed by atoms with Gasteiger partial charge in [0.25, 0.3) is 5.91 Å². The fraction of sp³-hybridized carbons (Fsp3) is 0.500. The fourth-order valence-electron chi connectivity index (χ4n) is 2.98. The number of hydrogen-bond acceptors (Lipinski definition) is 6. The van der Waals surface area contributed by atoms with E-state index in [2.05, 4.69) is 20.6 Å². The SMILES string of the molecule is CC(O)CNC(=O)c1ccc2cnc(NC3CCC(O)CC3)nc2c1. The van der Waals surface area contributed by atoms with Crippen molar-refractivity contribution < 1.29 is 15.0 Å². The van der Waals surface area contributed by atoms with Gasteiger partial charge in [0, 0.05) is 29.7 Å². The second kappa shape index (κ2) is 7.76. The second-order valence-electron chi connectivity index (χ2n) is 6.68. The molecule has 7 nitrogen and oxygen atoms in total. The molecule has 4 N–H and O–H groups in total. The summed E-state index contributed by atoms with van der Waals surface area (Å²) in [6, 6.07) is 5.52. The van der Waals surface area contributed by atoms with Crippen LogP contribution in [-0.4, -0.2) is 50.9 Å². The van der Waals surface area contributed by atoms with E-state index in [4.69, 9.17) is 0 Å². The van der Waals surface area contributed by atoms with Crippen LogP contribution in [0.4, 0.5) is 5.95 Å². The number of hydrogen-bond donors (Lipinski definition) is 4. The molecule has 1 unspecified atom stereocenters. The zero-order valence-electron chi connectivity index (χ0n) is 14.3. The quantitative estimate of drug-likeness (QED) is 0.654. The summed E-state index contributed by atoms with van der Waals surface area (Å²) >= 11 is 0. The molecule has 1 aliphatic carbocycles. The van der Waals surface area contributed by atoms with Gasteiger partial charge >= 0.3 is 0 Å².